The topological polar surface area (TPSA) is 85.0 Å². The Bertz CT molecular complexity index is 1490. The third-order valence-corrected chi connectivity index (χ3v) is 7.17. The first-order valence-electron chi connectivity index (χ1n) is 11.4. The summed E-state index contributed by atoms with van der Waals surface area (Å²) >= 11 is 6.28. The Kier molecular flexibility index (Phi) is 6.78. The van der Waals surface area contributed by atoms with Gasteiger partial charge in [0.1, 0.15) is 12.4 Å². The van der Waals surface area contributed by atoms with E-state index in [2.05, 4.69) is 0 Å². The fraction of sp³-hybridized carbons (Fsp3) is 0.107. The van der Waals surface area contributed by atoms with Crippen molar-refractivity contribution in [3.8, 4) is 5.75 Å². The van der Waals surface area contributed by atoms with Gasteiger partial charge in [0.2, 0.25) is 10.0 Å². The Morgan fingerprint density at radius 2 is 1.64 bits per heavy atom. The zero-order chi connectivity index (χ0) is 25.1. The molecule has 1 aliphatic heterocycles. The first-order chi connectivity index (χ1) is 17.4. The lowest BCUT2D eigenvalue weighted by molar-refractivity contribution is 0.306. The van der Waals surface area contributed by atoms with E-state index in [1.165, 1.54) is 12.1 Å². The second-order valence-electron chi connectivity index (χ2n) is 8.50. The van der Waals surface area contributed by atoms with Crippen LogP contribution in [0.2, 0.25) is 5.02 Å². The Balaban J connectivity index is 1.41. The van der Waals surface area contributed by atoms with Crippen LogP contribution in [0.1, 0.15) is 29.2 Å². The molecule has 1 unspecified atom stereocenters. The number of ether oxygens (including phenoxy) is 1. The predicted molar refractivity (Wildman–Crippen MR) is 143 cm³/mol. The quantitative estimate of drug-likeness (QED) is 0.329. The minimum Gasteiger partial charge on any atom is -0.489 e. The highest BCUT2D eigenvalue weighted by Crippen LogP contribution is 2.37. The summed E-state index contributed by atoms with van der Waals surface area (Å²) in [5.41, 5.74) is 4.77. The van der Waals surface area contributed by atoms with Crippen LogP contribution in [-0.4, -0.2) is 14.1 Å². The minimum absolute atomic E-state index is 0.0556. The van der Waals surface area contributed by atoms with Gasteiger partial charge in [-0.1, -0.05) is 54.1 Å². The summed E-state index contributed by atoms with van der Waals surface area (Å²) in [4.78, 5) is 0.0556. The number of benzene rings is 4. The van der Waals surface area contributed by atoms with Crippen LogP contribution in [0, 0.1) is 0 Å². The maximum Gasteiger partial charge on any atom is 0.238 e. The highest BCUT2D eigenvalue weighted by molar-refractivity contribution is 7.89. The molecule has 4 aromatic carbocycles. The summed E-state index contributed by atoms with van der Waals surface area (Å²) in [7, 11) is -3.78. The Labute approximate surface area is 215 Å². The molecule has 6 nitrogen and oxygen atoms in total. The maximum atomic E-state index is 11.7. The van der Waals surface area contributed by atoms with Crippen LogP contribution in [0.4, 0.5) is 5.69 Å². The van der Waals surface area contributed by atoms with Crippen LogP contribution in [0.25, 0.3) is 0 Å². The average Bonchev–Trinajstić information content (AvgIpc) is 3.34. The van der Waals surface area contributed by atoms with Gasteiger partial charge in [0.05, 0.1) is 22.3 Å². The van der Waals surface area contributed by atoms with Gasteiger partial charge in [0, 0.05) is 11.4 Å². The Morgan fingerprint density at radius 1 is 0.917 bits per heavy atom. The number of halogens is 1. The fourth-order valence-electron chi connectivity index (χ4n) is 4.17. The molecular formula is C28H24ClN3O3S. The molecule has 0 saturated carbocycles. The van der Waals surface area contributed by atoms with Crippen LogP contribution < -0.4 is 14.9 Å². The van der Waals surface area contributed by atoms with E-state index in [0.29, 0.717) is 18.1 Å². The zero-order valence-corrected chi connectivity index (χ0v) is 20.9. The van der Waals surface area contributed by atoms with Crippen LogP contribution in [0.3, 0.4) is 0 Å². The lowest BCUT2D eigenvalue weighted by atomic mass is 9.98. The van der Waals surface area contributed by atoms with Crippen LogP contribution in [0.5, 0.6) is 5.75 Å². The van der Waals surface area contributed by atoms with Gasteiger partial charge in [-0.15, -0.1) is 0 Å². The molecule has 1 aliphatic rings. The first-order valence-corrected chi connectivity index (χ1v) is 13.3. The van der Waals surface area contributed by atoms with Gasteiger partial charge in [-0.25, -0.2) is 13.6 Å². The van der Waals surface area contributed by atoms with Crippen LogP contribution in [0.15, 0.2) is 113 Å². The van der Waals surface area contributed by atoms with Gasteiger partial charge in [0.15, 0.2) is 0 Å². The van der Waals surface area contributed by atoms with Crippen molar-refractivity contribution in [2.24, 2.45) is 10.2 Å². The lowest BCUT2D eigenvalue weighted by Crippen LogP contribution is -2.19. The monoisotopic (exact) mass is 517 g/mol. The molecule has 0 spiro atoms. The summed E-state index contributed by atoms with van der Waals surface area (Å²) in [6.45, 7) is 0.500. The highest BCUT2D eigenvalue weighted by Gasteiger charge is 2.30. The van der Waals surface area contributed by atoms with Gasteiger partial charge >= 0.3 is 0 Å². The molecule has 0 amide bonds. The number of nitrogens with two attached hydrogens (primary N) is 1. The van der Waals surface area contributed by atoms with Gasteiger partial charge in [0.25, 0.3) is 0 Å². The third kappa shape index (κ3) is 5.44. The van der Waals surface area contributed by atoms with Gasteiger partial charge in [-0.3, -0.25) is 5.01 Å². The summed E-state index contributed by atoms with van der Waals surface area (Å²) in [5.74, 6) is 0.781. The van der Waals surface area contributed by atoms with E-state index >= 15 is 0 Å². The maximum absolute atomic E-state index is 11.7. The Hall–Kier alpha value is -3.65. The second-order valence-corrected chi connectivity index (χ2v) is 10.5. The summed E-state index contributed by atoms with van der Waals surface area (Å²) < 4.78 is 29.3. The van der Waals surface area contributed by atoms with Gasteiger partial charge < -0.3 is 4.74 Å². The molecule has 8 heteroatoms. The van der Waals surface area contributed by atoms with Crippen molar-refractivity contribution in [1.82, 2.24) is 0 Å². The smallest absolute Gasteiger partial charge is 0.238 e. The van der Waals surface area contributed by atoms with Crippen molar-refractivity contribution in [3.05, 3.63) is 125 Å². The zero-order valence-electron chi connectivity index (χ0n) is 19.3. The third-order valence-electron chi connectivity index (χ3n) is 6.01. The van der Waals surface area contributed by atoms with Crippen molar-refractivity contribution < 1.29 is 13.2 Å². The summed E-state index contributed by atoms with van der Waals surface area (Å²) in [6, 6.07) is 31.9. The van der Waals surface area contributed by atoms with Crippen molar-refractivity contribution in [3.63, 3.8) is 0 Å². The molecule has 0 saturated heterocycles. The molecule has 0 aromatic heterocycles. The number of rotatable bonds is 7. The second kappa shape index (κ2) is 10.1. The number of sulfonamides is 1. The average molecular weight is 518 g/mol. The summed E-state index contributed by atoms with van der Waals surface area (Å²) in [6.07, 6.45) is 0.654. The number of hydrazone groups is 1. The van der Waals surface area contributed by atoms with Crippen molar-refractivity contribution in [2.45, 2.75) is 24.0 Å². The van der Waals surface area contributed by atoms with Crippen molar-refractivity contribution >= 4 is 33.0 Å². The standard InChI is InChI=1S/C28H24ClN3O3S/c29-23-8-4-7-22(17-23)28-18-27(31-32(28)24-11-15-26(16-12-24)36(30,33)34)21-9-13-25(14-10-21)35-19-20-5-2-1-3-6-20/h1-17,28H,18-19H2,(H2,30,33,34). The fourth-order valence-corrected chi connectivity index (χ4v) is 4.88. The van der Waals surface area contributed by atoms with E-state index in [1.54, 1.807) is 12.1 Å². The lowest BCUT2D eigenvalue weighted by Gasteiger charge is -2.24. The minimum atomic E-state index is -3.78. The normalized spacial score (nSPS) is 15.6. The molecular weight excluding hydrogens is 494 g/mol. The van der Waals surface area contributed by atoms with Crippen LogP contribution in [-0.2, 0) is 16.6 Å². The van der Waals surface area contributed by atoms with E-state index < -0.39 is 10.0 Å². The van der Waals surface area contributed by atoms with E-state index in [1.807, 2.05) is 83.9 Å². The van der Waals surface area contributed by atoms with Gasteiger partial charge in [-0.05, 0) is 77.4 Å². The van der Waals surface area contributed by atoms with E-state index in [4.69, 9.17) is 26.6 Å². The largest absolute Gasteiger partial charge is 0.489 e. The number of primary sulfonamides is 1. The molecule has 36 heavy (non-hydrogen) atoms. The van der Waals surface area contributed by atoms with Gasteiger partial charge in [-0.2, -0.15) is 5.10 Å². The van der Waals surface area contributed by atoms with Crippen molar-refractivity contribution in [2.75, 3.05) is 5.01 Å². The molecule has 182 valence electrons. The SMILES string of the molecule is NS(=O)(=O)c1ccc(N2N=C(c3ccc(OCc4ccccc4)cc3)CC2c2cccc(Cl)c2)cc1. The number of anilines is 1. The molecule has 1 heterocycles. The number of hydrogen-bond acceptors (Lipinski definition) is 5. The summed E-state index contributed by atoms with van der Waals surface area (Å²) in [5, 5.41) is 12.7. The molecule has 2 N–H and O–H groups in total. The van der Waals surface area contributed by atoms with E-state index in [-0.39, 0.29) is 10.9 Å². The number of hydrogen-bond donors (Lipinski definition) is 1. The molecule has 0 radical (unpaired) electrons. The predicted octanol–water partition coefficient (Wildman–Crippen LogP) is 5.92. The molecule has 5 rings (SSSR count). The van der Waals surface area contributed by atoms with Crippen LogP contribution >= 0.6 is 11.6 Å². The molecule has 1 atom stereocenters. The highest BCUT2D eigenvalue weighted by atomic mass is 35.5. The van der Waals surface area contributed by atoms with E-state index in [9.17, 15) is 8.42 Å². The Morgan fingerprint density at radius 3 is 2.31 bits per heavy atom. The number of nitrogens with zero attached hydrogens (tertiary/aromatic N) is 2. The molecule has 0 aliphatic carbocycles. The van der Waals surface area contributed by atoms with Crippen molar-refractivity contribution in [1.29, 1.82) is 0 Å². The molecule has 0 fully saturated rings. The molecule has 4 aromatic rings. The van der Waals surface area contributed by atoms with E-state index in [0.717, 1.165) is 33.8 Å². The molecule has 0 bridgehead atoms. The first kappa shape index (κ1) is 24.1.